The summed E-state index contributed by atoms with van der Waals surface area (Å²) in [5.41, 5.74) is 1.04. The molecular formula is C9H10N2O. The summed E-state index contributed by atoms with van der Waals surface area (Å²) in [7, 11) is 0. The third kappa shape index (κ3) is 2.51. The number of hydrogen-bond acceptors (Lipinski definition) is 1. The Morgan fingerprint density at radius 1 is 1.75 bits per heavy atom. The summed E-state index contributed by atoms with van der Waals surface area (Å²) < 4.78 is 0. The molecule has 1 aromatic rings. The Bertz CT molecular complexity index is 282. The molecule has 1 aromatic heterocycles. The Kier molecular flexibility index (Phi) is 2.97. The van der Waals surface area contributed by atoms with Crippen molar-refractivity contribution in [3.8, 4) is 12.3 Å². The second-order valence-electron chi connectivity index (χ2n) is 2.38. The van der Waals surface area contributed by atoms with E-state index < -0.39 is 0 Å². The monoisotopic (exact) mass is 162 g/mol. The highest BCUT2D eigenvalue weighted by Gasteiger charge is 1.97. The Balaban J connectivity index is 2.28. The van der Waals surface area contributed by atoms with Gasteiger partial charge in [-0.25, -0.2) is 0 Å². The quantitative estimate of drug-likeness (QED) is 0.630. The molecule has 0 saturated heterocycles. The number of nitrogens with one attached hydrogen (secondary N) is 2. The molecule has 1 rings (SSSR count). The van der Waals surface area contributed by atoms with E-state index in [9.17, 15) is 4.79 Å². The van der Waals surface area contributed by atoms with Crippen LogP contribution in [0.25, 0.3) is 0 Å². The third-order valence-electron chi connectivity index (χ3n) is 1.41. The number of carbonyl (C=O) groups excluding carboxylic acids is 1. The molecule has 0 unspecified atom stereocenters. The van der Waals surface area contributed by atoms with E-state index in [-0.39, 0.29) is 12.3 Å². The van der Waals surface area contributed by atoms with Crippen molar-refractivity contribution >= 4 is 5.91 Å². The van der Waals surface area contributed by atoms with Crippen LogP contribution in [0.2, 0.25) is 0 Å². The van der Waals surface area contributed by atoms with Gasteiger partial charge >= 0.3 is 0 Å². The zero-order valence-corrected chi connectivity index (χ0v) is 6.63. The van der Waals surface area contributed by atoms with Gasteiger partial charge in [-0.2, -0.15) is 0 Å². The van der Waals surface area contributed by atoms with Gasteiger partial charge in [0.25, 0.3) is 0 Å². The zero-order chi connectivity index (χ0) is 8.81. The average molecular weight is 162 g/mol. The predicted octanol–water partition coefficient (Wildman–Crippen LogP) is 0.654. The number of amides is 1. The molecule has 0 aliphatic heterocycles. The first-order valence-electron chi connectivity index (χ1n) is 3.65. The van der Waals surface area contributed by atoms with Gasteiger partial charge in [0.05, 0.1) is 6.42 Å². The molecule has 0 spiro atoms. The minimum atomic E-state index is -0.112. The zero-order valence-electron chi connectivity index (χ0n) is 6.63. The standard InChI is InChI=1S/C9H10N2O/c1-2-3-9(12)11-7-8-4-5-10-6-8/h1,4-6,10H,3,7H2,(H,11,12). The van der Waals surface area contributed by atoms with Crippen molar-refractivity contribution in [3.63, 3.8) is 0 Å². The van der Waals surface area contributed by atoms with E-state index in [4.69, 9.17) is 6.42 Å². The lowest BCUT2D eigenvalue weighted by atomic mass is 10.3. The summed E-state index contributed by atoms with van der Waals surface area (Å²) in [6.45, 7) is 0.532. The van der Waals surface area contributed by atoms with Crippen molar-refractivity contribution in [2.24, 2.45) is 0 Å². The fraction of sp³-hybridized carbons (Fsp3) is 0.222. The summed E-state index contributed by atoms with van der Waals surface area (Å²) in [5.74, 6) is 2.17. The maximum absolute atomic E-state index is 10.9. The number of aromatic amines is 1. The van der Waals surface area contributed by atoms with Gasteiger partial charge in [-0.05, 0) is 11.6 Å². The van der Waals surface area contributed by atoms with Crippen molar-refractivity contribution in [2.75, 3.05) is 0 Å². The second kappa shape index (κ2) is 4.24. The highest BCUT2D eigenvalue weighted by atomic mass is 16.1. The highest BCUT2D eigenvalue weighted by molar-refractivity contribution is 5.78. The average Bonchev–Trinajstić information content (AvgIpc) is 2.53. The highest BCUT2D eigenvalue weighted by Crippen LogP contribution is 1.94. The molecule has 0 radical (unpaired) electrons. The molecular weight excluding hydrogens is 152 g/mol. The fourth-order valence-corrected chi connectivity index (χ4v) is 0.824. The Hall–Kier alpha value is -1.69. The van der Waals surface area contributed by atoms with Gasteiger partial charge in [0.15, 0.2) is 0 Å². The number of H-pyrrole nitrogens is 1. The fourth-order valence-electron chi connectivity index (χ4n) is 0.824. The molecule has 62 valence electrons. The molecule has 0 aliphatic carbocycles. The second-order valence-corrected chi connectivity index (χ2v) is 2.38. The van der Waals surface area contributed by atoms with Gasteiger partial charge < -0.3 is 10.3 Å². The number of hydrogen-bond donors (Lipinski definition) is 2. The summed E-state index contributed by atoms with van der Waals surface area (Å²) in [6, 6.07) is 1.90. The molecule has 0 aromatic carbocycles. The van der Waals surface area contributed by atoms with Crippen LogP contribution in [-0.4, -0.2) is 10.9 Å². The number of terminal acetylenes is 1. The van der Waals surface area contributed by atoms with Crippen LogP contribution in [0.15, 0.2) is 18.5 Å². The van der Waals surface area contributed by atoms with Crippen LogP contribution in [0.4, 0.5) is 0 Å². The summed E-state index contributed by atoms with van der Waals surface area (Å²) in [6.07, 6.45) is 8.74. The topological polar surface area (TPSA) is 44.9 Å². The minimum Gasteiger partial charge on any atom is -0.367 e. The Morgan fingerprint density at radius 3 is 3.17 bits per heavy atom. The SMILES string of the molecule is C#CCC(=O)NCc1cc[nH]c1. The summed E-state index contributed by atoms with van der Waals surface area (Å²) in [5, 5.41) is 2.68. The van der Waals surface area contributed by atoms with Crippen LogP contribution in [0.5, 0.6) is 0 Å². The molecule has 3 heteroatoms. The van der Waals surface area contributed by atoms with Crippen LogP contribution in [0.3, 0.4) is 0 Å². The van der Waals surface area contributed by atoms with E-state index in [0.29, 0.717) is 6.54 Å². The third-order valence-corrected chi connectivity index (χ3v) is 1.41. The molecule has 3 nitrogen and oxygen atoms in total. The molecule has 0 bridgehead atoms. The van der Waals surface area contributed by atoms with E-state index >= 15 is 0 Å². The maximum atomic E-state index is 10.9. The van der Waals surface area contributed by atoms with Crippen LogP contribution < -0.4 is 5.32 Å². The van der Waals surface area contributed by atoms with Gasteiger partial charge in [-0.1, -0.05) is 5.92 Å². The number of aromatic nitrogens is 1. The van der Waals surface area contributed by atoms with Crippen molar-refractivity contribution in [1.82, 2.24) is 10.3 Å². The molecule has 0 fully saturated rings. The predicted molar refractivity (Wildman–Crippen MR) is 46.1 cm³/mol. The molecule has 1 amide bonds. The normalized spacial score (nSPS) is 8.92. The van der Waals surface area contributed by atoms with Crippen LogP contribution in [-0.2, 0) is 11.3 Å². The lowest BCUT2D eigenvalue weighted by Crippen LogP contribution is -2.21. The van der Waals surface area contributed by atoms with Crippen LogP contribution in [0, 0.1) is 12.3 Å². The number of carbonyl (C=O) groups is 1. The molecule has 12 heavy (non-hydrogen) atoms. The maximum Gasteiger partial charge on any atom is 0.232 e. The van der Waals surface area contributed by atoms with Crippen LogP contribution >= 0.6 is 0 Å². The van der Waals surface area contributed by atoms with Crippen molar-refractivity contribution in [3.05, 3.63) is 24.0 Å². The lowest BCUT2D eigenvalue weighted by Gasteiger charge is -1.99. The molecule has 0 aliphatic rings. The van der Waals surface area contributed by atoms with E-state index in [1.54, 1.807) is 0 Å². The van der Waals surface area contributed by atoms with Gasteiger partial charge in [0.1, 0.15) is 0 Å². The smallest absolute Gasteiger partial charge is 0.232 e. The van der Waals surface area contributed by atoms with E-state index in [2.05, 4.69) is 16.2 Å². The van der Waals surface area contributed by atoms with E-state index in [1.807, 2.05) is 18.5 Å². The first-order valence-corrected chi connectivity index (χ1v) is 3.65. The van der Waals surface area contributed by atoms with Gasteiger partial charge in [-0.3, -0.25) is 4.79 Å². The molecule has 1 heterocycles. The van der Waals surface area contributed by atoms with Gasteiger partial charge in [-0.15, -0.1) is 6.42 Å². The Morgan fingerprint density at radius 2 is 2.58 bits per heavy atom. The first kappa shape index (κ1) is 8.41. The van der Waals surface area contributed by atoms with E-state index in [0.717, 1.165) is 5.56 Å². The first-order chi connectivity index (χ1) is 5.83. The van der Waals surface area contributed by atoms with Crippen LogP contribution in [0.1, 0.15) is 12.0 Å². The largest absolute Gasteiger partial charge is 0.367 e. The summed E-state index contributed by atoms with van der Waals surface area (Å²) >= 11 is 0. The molecule has 2 N–H and O–H groups in total. The summed E-state index contributed by atoms with van der Waals surface area (Å²) in [4.78, 5) is 13.8. The Labute approximate surface area is 71.2 Å². The van der Waals surface area contributed by atoms with E-state index in [1.165, 1.54) is 0 Å². The van der Waals surface area contributed by atoms with Gasteiger partial charge in [0, 0.05) is 18.9 Å². The van der Waals surface area contributed by atoms with Crippen molar-refractivity contribution in [1.29, 1.82) is 0 Å². The molecule has 0 saturated carbocycles. The minimum absolute atomic E-state index is 0.112. The number of rotatable bonds is 3. The van der Waals surface area contributed by atoms with Crippen molar-refractivity contribution < 1.29 is 4.79 Å². The lowest BCUT2D eigenvalue weighted by molar-refractivity contribution is -0.120. The van der Waals surface area contributed by atoms with Gasteiger partial charge in [0.2, 0.25) is 5.91 Å². The van der Waals surface area contributed by atoms with Crippen molar-refractivity contribution in [2.45, 2.75) is 13.0 Å². The molecule has 0 atom stereocenters.